The minimum Gasteiger partial charge on any atom is -0.271 e. The number of hydrogen-bond acceptors (Lipinski definition) is 2. The Morgan fingerprint density at radius 2 is 0.521 bits per heavy atom. The van der Waals surface area contributed by atoms with Gasteiger partial charge in [0.2, 0.25) is 0 Å². The Balaban J connectivity index is 1.40. The first-order valence-electron chi connectivity index (χ1n) is 15.9. The van der Waals surface area contributed by atoms with Crippen molar-refractivity contribution in [3.63, 3.8) is 0 Å². The predicted octanol–water partition coefficient (Wildman–Crippen LogP) is 9.81. The first kappa shape index (κ1) is 28.9. The van der Waals surface area contributed by atoms with Crippen molar-refractivity contribution in [1.82, 2.24) is 9.13 Å². The van der Waals surface area contributed by atoms with Crippen LogP contribution < -0.4 is 11.1 Å². The molecule has 1 aromatic heterocycles. The standard InChI is InChI=1S/C44H30N2O2/c47-43-44(48)46(40-29-37(33-19-9-3-10-20-33)26-38(30-40)34-21-11-4-12-22-34)42-24-14-13-23-41(42)45(43)39-27-35(31-15-5-1-6-16-31)25-36(28-39)32-17-7-2-8-18-32/h1-30H. The molecule has 228 valence electrons. The average Bonchev–Trinajstić information content (AvgIpc) is 3.16. The lowest BCUT2D eigenvalue weighted by atomic mass is 9.97. The minimum atomic E-state index is -0.621. The summed E-state index contributed by atoms with van der Waals surface area (Å²) in [7, 11) is 0. The van der Waals surface area contributed by atoms with Gasteiger partial charge in [-0.25, -0.2) is 0 Å². The molecule has 0 unspecified atom stereocenters. The summed E-state index contributed by atoms with van der Waals surface area (Å²) in [6, 6.07) is 60.2. The van der Waals surface area contributed by atoms with Crippen molar-refractivity contribution >= 4 is 11.0 Å². The van der Waals surface area contributed by atoms with Gasteiger partial charge >= 0.3 is 11.1 Å². The molecule has 4 nitrogen and oxygen atoms in total. The van der Waals surface area contributed by atoms with Crippen molar-refractivity contribution in [2.45, 2.75) is 0 Å². The fourth-order valence-corrected chi connectivity index (χ4v) is 6.43. The van der Waals surface area contributed by atoms with Crippen LogP contribution in [0, 0.1) is 0 Å². The summed E-state index contributed by atoms with van der Waals surface area (Å²) in [4.78, 5) is 28.8. The molecule has 0 radical (unpaired) electrons. The maximum Gasteiger partial charge on any atom is 0.321 e. The predicted molar refractivity (Wildman–Crippen MR) is 197 cm³/mol. The molecule has 8 rings (SSSR count). The molecular weight excluding hydrogens is 588 g/mol. The molecule has 0 saturated carbocycles. The van der Waals surface area contributed by atoms with Gasteiger partial charge in [0.1, 0.15) is 0 Å². The number of aromatic nitrogens is 2. The topological polar surface area (TPSA) is 44.0 Å². The lowest BCUT2D eigenvalue weighted by Gasteiger charge is -2.18. The molecule has 0 N–H and O–H groups in total. The third kappa shape index (κ3) is 5.36. The molecular formula is C44H30N2O2. The van der Waals surface area contributed by atoms with E-state index < -0.39 is 11.1 Å². The summed E-state index contributed by atoms with van der Waals surface area (Å²) >= 11 is 0. The van der Waals surface area contributed by atoms with Crippen LogP contribution in [0.2, 0.25) is 0 Å². The third-order valence-electron chi connectivity index (χ3n) is 8.73. The molecule has 1 heterocycles. The smallest absolute Gasteiger partial charge is 0.271 e. The van der Waals surface area contributed by atoms with E-state index in [9.17, 15) is 9.59 Å². The molecule has 7 aromatic carbocycles. The van der Waals surface area contributed by atoms with Crippen molar-refractivity contribution in [2.75, 3.05) is 0 Å². The van der Waals surface area contributed by atoms with Gasteiger partial charge in [0.05, 0.1) is 22.4 Å². The highest BCUT2D eigenvalue weighted by Gasteiger charge is 2.18. The lowest BCUT2D eigenvalue weighted by Crippen LogP contribution is -2.40. The van der Waals surface area contributed by atoms with E-state index in [2.05, 4.69) is 60.7 Å². The van der Waals surface area contributed by atoms with Crippen molar-refractivity contribution in [3.05, 3.63) is 203 Å². The van der Waals surface area contributed by atoms with E-state index in [0.29, 0.717) is 22.4 Å². The second kappa shape index (κ2) is 12.3. The van der Waals surface area contributed by atoms with Crippen LogP contribution in [0.3, 0.4) is 0 Å². The van der Waals surface area contributed by atoms with Crippen LogP contribution in [-0.2, 0) is 0 Å². The van der Waals surface area contributed by atoms with E-state index in [1.807, 2.05) is 121 Å². The molecule has 0 aliphatic heterocycles. The monoisotopic (exact) mass is 618 g/mol. The van der Waals surface area contributed by atoms with Gasteiger partial charge in [-0.2, -0.15) is 0 Å². The number of rotatable bonds is 6. The van der Waals surface area contributed by atoms with Crippen LogP contribution in [0.25, 0.3) is 66.9 Å². The molecule has 0 saturated heterocycles. The first-order valence-corrected chi connectivity index (χ1v) is 15.9. The Labute approximate surface area is 278 Å². The molecule has 0 spiro atoms. The highest BCUT2D eigenvalue weighted by atomic mass is 16.2. The number of benzene rings is 7. The van der Waals surface area contributed by atoms with Gasteiger partial charge in [-0.15, -0.1) is 0 Å². The highest BCUT2D eigenvalue weighted by Crippen LogP contribution is 2.33. The SMILES string of the molecule is O=c1c(=O)n(-c2cc(-c3ccccc3)cc(-c3ccccc3)c2)c2ccccc2n1-c1cc(-c2ccccc2)cc(-c2ccccc2)c1. The van der Waals surface area contributed by atoms with Crippen LogP contribution in [-0.4, -0.2) is 9.13 Å². The molecule has 0 atom stereocenters. The molecule has 4 heteroatoms. The number of nitrogens with zero attached hydrogens (tertiary/aromatic N) is 2. The van der Waals surface area contributed by atoms with Crippen molar-refractivity contribution in [3.8, 4) is 55.9 Å². The summed E-state index contributed by atoms with van der Waals surface area (Å²) in [5, 5.41) is 0. The number of fused-ring (bicyclic) bond motifs is 1. The summed E-state index contributed by atoms with van der Waals surface area (Å²) in [5.74, 6) is 0. The lowest BCUT2D eigenvalue weighted by molar-refractivity contribution is 0.919. The maximum absolute atomic E-state index is 14.4. The second-order valence-electron chi connectivity index (χ2n) is 11.8. The molecule has 0 amide bonds. The fraction of sp³-hybridized carbons (Fsp3) is 0. The van der Waals surface area contributed by atoms with Crippen LogP contribution >= 0.6 is 0 Å². The largest absolute Gasteiger partial charge is 0.321 e. The first-order chi connectivity index (χ1) is 23.6. The minimum absolute atomic E-state index is 0.621. The molecule has 8 aromatic rings. The van der Waals surface area contributed by atoms with Gasteiger partial charge in [0.15, 0.2) is 0 Å². The molecule has 0 aliphatic rings. The van der Waals surface area contributed by atoms with Crippen molar-refractivity contribution in [1.29, 1.82) is 0 Å². The Bertz CT molecular complexity index is 2220. The zero-order valence-corrected chi connectivity index (χ0v) is 26.0. The van der Waals surface area contributed by atoms with Crippen LogP contribution in [0.1, 0.15) is 0 Å². The van der Waals surface area contributed by atoms with Gasteiger partial charge < -0.3 is 0 Å². The summed E-state index contributed by atoms with van der Waals surface area (Å²) in [5.41, 5.74) is 9.19. The third-order valence-corrected chi connectivity index (χ3v) is 8.73. The highest BCUT2D eigenvalue weighted by molar-refractivity contribution is 5.83. The van der Waals surface area contributed by atoms with E-state index in [0.717, 1.165) is 44.5 Å². The van der Waals surface area contributed by atoms with Gasteiger partial charge in [-0.1, -0.05) is 133 Å². The molecule has 0 fully saturated rings. The van der Waals surface area contributed by atoms with Crippen LogP contribution in [0.5, 0.6) is 0 Å². The Kier molecular flexibility index (Phi) is 7.44. The van der Waals surface area contributed by atoms with E-state index in [1.165, 1.54) is 0 Å². The summed E-state index contributed by atoms with van der Waals surface area (Å²) < 4.78 is 3.12. The van der Waals surface area contributed by atoms with Gasteiger partial charge in [-0.3, -0.25) is 18.7 Å². The Hall–Kier alpha value is -6.52. The van der Waals surface area contributed by atoms with E-state index in [1.54, 1.807) is 9.13 Å². The van der Waals surface area contributed by atoms with Gasteiger partial charge in [0.25, 0.3) is 0 Å². The quantitative estimate of drug-likeness (QED) is 0.174. The van der Waals surface area contributed by atoms with E-state index >= 15 is 0 Å². The Morgan fingerprint density at radius 1 is 0.271 bits per heavy atom. The van der Waals surface area contributed by atoms with E-state index in [4.69, 9.17) is 0 Å². The molecule has 0 bridgehead atoms. The second-order valence-corrected chi connectivity index (χ2v) is 11.8. The van der Waals surface area contributed by atoms with Crippen molar-refractivity contribution < 1.29 is 0 Å². The molecule has 48 heavy (non-hydrogen) atoms. The number of para-hydroxylation sites is 2. The average molecular weight is 619 g/mol. The van der Waals surface area contributed by atoms with Crippen molar-refractivity contribution in [2.24, 2.45) is 0 Å². The zero-order chi connectivity index (χ0) is 32.5. The Morgan fingerprint density at radius 3 is 0.792 bits per heavy atom. The van der Waals surface area contributed by atoms with E-state index in [-0.39, 0.29) is 0 Å². The maximum atomic E-state index is 14.4. The summed E-state index contributed by atoms with van der Waals surface area (Å²) in [6.45, 7) is 0. The fourth-order valence-electron chi connectivity index (χ4n) is 6.43. The van der Waals surface area contributed by atoms with Crippen LogP contribution in [0.4, 0.5) is 0 Å². The summed E-state index contributed by atoms with van der Waals surface area (Å²) in [6.07, 6.45) is 0. The van der Waals surface area contributed by atoms with Gasteiger partial charge in [-0.05, 0) is 93.0 Å². The number of hydrogen-bond donors (Lipinski definition) is 0. The normalized spacial score (nSPS) is 11.1. The molecule has 0 aliphatic carbocycles. The van der Waals surface area contributed by atoms with Gasteiger partial charge in [0, 0.05) is 0 Å². The zero-order valence-electron chi connectivity index (χ0n) is 26.0. The van der Waals surface area contributed by atoms with Crippen LogP contribution in [0.15, 0.2) is 192 Å².